The Bertz CT molecular complexity index is 170. The summed E-state index contributed by atoms with van der Waals surface area (Å²) in [5, 5.41) is 12.3. The van der Waals surface area contributed by atoms with Crippen LogP contribution in [-0.2, 0) is 4.79 Å². The predicted molar refractivity (Wildman–Crippen MR) is 51.7 cm³/mol. The van der Waals surface area contributed by atoms with Crippen molar-refractivity contribution in [2.24, 2.45) is 5.92 Å². The monoisotopic (exact) mass is 185 g/mol. The van der Waals surface area contributed by atoms with Gasteiger partial charge in [-0.25, -0.2) is 0 Å². The molecule has 0 spiro atoms. The molecule has 0 saturated heterocycles. The fourth-order valence-electron chi connectivity index (χ4n) is 2.00. The molecule has 3 nitrogen and oxygen atoms in total. The van der Waals surface area contributed by atoms with Gasteiger partial charge in [-0.3, -0.25) is 4.79 Å². The smallest absolute Gasteiger partial charge is 0.308 e. The second kappa shape index (κ2) is 5.22. The van der Waals surface area contributed by atoms with E-state index in [9.17, 15) is 4.79 Å². The Morgan fingerprint density at radius 1 is 1.46 bits per heavy atom. The van der Waals surface area contributed by atoms with Crippen LogP contribution in [0.4, 0.5) is 0 Å². The fourth-order valence-corrected chi connectivity index (χ4v) is 2.00. The maximum Gasteiger partial charge on any atom is 0.308 e. The van der Waals surface area contributed by atoms with E-state index in [1.54, 1.807) is 0 Å². The second-order valence-corrected chi connectivity index (χ2v) is 3.79. The Balaban J connectivity index is 2.41. The predicted octanol–water partition coefficient (Wildman–Crippen LogP) is 1.63. The average Bonchev–Trinajstić information content (AvgIpc) is 2.15. The lowest BCUT2D eigenvalue weighted by Gasteiger charge is -2.29. The molecule has 0 heterocycles. The van der Waals surface area contributed by atoms with E-state index in [0.29, 0.717) is 0 Å². The molecule has 1 aliphatic carbocycles. The van der Waals surface area contributed by atoms with Gasteiger partial charge in [0.15, 0.2) is 0 Å². The molecule has 1 fully saturated rings. The average molecular weight is 185 g/mol. The SMILES string of the molecule is CCCNC1CCCCC1C(=O)O. The second-order valence-electron chi connectivity index (χ2n) is 3.79. The Morgan fingerprint density at radius 2 is 2.15 bits per heavy atom. The van der Waals surface area contributed by atoms with Crippen LogP contribution < -0.4 is 5.32 Å². The number of carbonyl (C=O) groups is 1. The molecule has 1 aliphatic rings. The van der Waals surface area contributed by atoms with E-state index < -0.39 is 5.97 Å². The first-order chi connectivity index (χ1) is 6.25. The maximum atomic E-state index is 10.9. The molecule has 0 aromatic rings. The van der Waals surface area contributed by atoms with Gasteiger partial charge in [0.05, 0.1) is 5.92 Å². The van der Waals surface area contributed by atoms with Crippen molar-refractivity contribution in [1.82, 2.24) is 5.32 Å². The molecule has 1 rings (SSSR count). The van der Waals surface area contributed by atoms with Gasteiger partial charge in [-0.1, -0.05) is 19.8 Å². The summed E-state index contributed by atoms with van der Waals surface area (Å²) < 4.78 is 0. The van der Waals surface area contributed by atoms with Crippen LogP contribution in [0.1, 0.15) is 39.0 Å². The largest absolute Gasteiger partial charge is 0.481 e. The van der Waals surface area contributed by atoms with Gasteiger partial charge < -0.3 is 10.4 Å². The number of aliphatic carboxylic acids is 1. The van der Waals surface area contributed by atoms with Crippen molar-refractivity contribution in [3.63, 3.8) is 0 Å². The zero-order valence-electron chi connectivity index (χ0n) is 8.25. The molecule has 13 heavy (non-hydrogen) atoms. The van der Waals surface area contributed by atoms with Gasteiger partial charge >= 0.3 is 5.97 Å². The van der Waals surface area contributed by atoms with E-state index in [1.807, 2.05) is 0 Å². The summed E-state index contributed by atoms with van der Waals surface area (Å²) in [7, 11) is 0. The van der Waals surface area contributed by atoms with Crippen LogP contribution in [0.25, 0.3) is 0 Å². The lowest BCUT2D eigenvalue weighted by Crippen LogP contribution is -2.42. The summed E-state index contributed by atoms with van der Waals surface area (Å²) >= 11 is 0. The van der Waals surface area contributed by atoms with Crippen molar-refractivity contribution in [1.29, 1.82) is 0 Å². The van der Waals surface area contributed by atoms with Gasteiger partial charge in [0.25, 0.3) is 0 Å². The van der Waals surface area contributed by atoms with Gasteiger partial charge in [0.2, 0.25) is 0 Å². The highest BCUT2D eigenvalue weighted by Gasteiger charge is 2.29. The first-order valence-corrected chi connectivity index (χ1v) is 5.22. The third kappa shape index (κ3) is 2.99. The number of carboxylic acid groups (broad SMARTS) is 1. The van der Waals surface area contributed by atoms with Crippen molar-refractivity contribution < 1.29 is 9.90 Å². The van der Waals surface area contributed by atoms with Gasteiger partial charge in [-0.2, -0.15) is 0 Å². The van der Waals surface area contributed by atoms with Crippen molar-refractivity contribution in [3.8, 4) is 0 Å². The summed E-state index contributed by atoms with van der Waals surface area (Å²) in [5.74, 6) is -0.784. The molecule has 3 heteroatoms. The third-order valence-corrected chi connectivity index (χ3v) is 2.74. The Hall–Kier alpha value is -0.570. The van der Waals surface area contributed by atoms with E-state index >= 15 is 0 Å². The number of rotatable bonds is 4. The molecule has 0 aliphatic heterocycles. The van der Waals surface area contributed by atoms with Crippen LogP contribution in [0.15, 0.2) is 0 Å². The van der Waals surface area contributed by atoms with E-state index in [4.69, 9.17) is 5.11 Å². The minimum atomic E-state index is -0.631. The van der Waals surface area contributed by atoms with Crippen LogP contribution >= 0.6 is 0 Å². The molecular weight excluding hydrogens is 166 g/mol. The zero-order valence-corrected chi connectivity index (χ0v) is 8.25. The molecule has 2 unspecified atom stereocenters. The highest BCUT2D eigenvalue weighted by Crippen LogP contribution is 2.24. The summed E-state index contributed by atoms with van der Waals surface area (Å²) in [6.07, 6.45) is 5.18. The lowest BCUT2D eigenvalue weighted by molar-refractivity contribution is -0.143. The minimum absolute atomic E-state index is 0.153. The highest BCUT2D eigenvalue weighted by atomic mass is 16.4. The summed E-state index contributed by atoms with van der Waals surface area (Å²) in [6, 6.07) is 0.214. The molecule has 1 saturated carbocycles. The minimum Gasteiger partial charge on any atom is -0.481 e. The maximum absolute atomic E-state index is 10.9. The number of hydrogen-bond acceptors (Lipinski definition) is 2. The molecule has 0 amide bonds. The molecule has 0 radical (unpaired) electrons. The Morgan fingerprint density at radius 3 is 2.77 bits per heavy atom. The number of nitrogens with one attached hydrogen (secondary N) is 1. The molecule has 0 aromatic heterocycles. The number of carboxylic acids is 1. The molecule has 2 atom stereocenters. The van der Waals surface area contributed by atoms with E-state index in [-0.39, 0.29) is 12.0 Å². The fraction of sp³-hybridized carbons (Fsp3) is 0.900. The van der Waals surface area contributed by atoms with Gasteiger partial charge in [-0.05, 0) is 25.8 Å². The first kappa shape index (κ1) is 10.5. The van der Waals surface area contributed by atoms with Crippen molar-refractivity contribution in [2.45, 2.75) is 45.1 Å². The Labute approximate surface area is 79.5 Å². The molecule has 0 aromatic carbocycles. The lowest BCUT2D eigenvalue weighted by atomic mass is 9.84. The van der Waals surface area contributed by atoms with Crippen LogP contribution in [0.2, 0.25) is 0 Å². The number of hydrogen-bond donors (Lipinski definition) is 2. The highest BCUT2D eigenvalue weighted by molar-refractivity contribution is 5.71. The first-order valence-electron chi connectivity index (χ1n) is 5.22. The van der Waals surface area contributed by atoms with Gasteiger partial charge in [0, 0.05) is 6.04 Å². The summed E-state index contributed by atoms with van der Waals surface area (Å²) in [4.78, 5) is 10.9. The molecule has 76 valence electrons. The molecule has 0 bridgehead atoms. The van der Waals surface area contributed by atoms with Gasteiger partial charge in [0.1, 0.15) is 0 Å². The van der Waals surface area contributed by atoms with Crippen LogP contribution in [0.5, 0.6) is 0 Å². The van der Waals surface area contributed by atoms with E-state index in [2.05, 4.69) is 12.2 Å². The van der Waals surface area contributed by atoms with Crippen molar-refractivity contribution in [3.05, 3.63) is 0 Å². The topological polar surface area (TPSA) is 49.3 Å². The summed E-state index contributed by atoms with van der Waals surface area (Å²) in [5.41, 5.74) is 0. The molecule has 2 N–H and O–H groups in total. The Kier molecular flexibility index (Phi) is 4.22. The van der Waals surface area contributed by atoms with Crippen LogP contribution in [0, 0.1) is 5.92 Å². The van der Waals surface area contributed by atoms with Gasteiger partial charge in [-0.15, -0.1) is 0 Å². The zero-order chi connectivity index (χ0) is 9.68. The van der Waals surface area contributed by atoms with Crippen LogP contribution in [0.3, 0.4) is 0 Å². The quantitative estimate of drug-likeness (QED) is 0.700. The third-order valence-electron chi connectivity index (χ3n) is 2.74. The van der Waals surface area contributed by atoms with Crippen molar-refractivity contribution in [2.75, 3.05) is 6.54 Å². The normalized spacial score (nSPS) is 28.7. The molecular formula is C10H19NO2. The van der Waals surface area contributed by atoms with E-state index in [1.165, 1.54) is 6.42 Å². The van der Waals surface area contributed by atoms with Crippen LogP contribution in [-0.4, -0.2) is 23.7 Å². The summed E-state index contributed by atoms with van der Waals surface area (Å²) in [6.45, 7) is 3.04. The van der Waals surface area contributed by atoms with E-state index in [0.717, 1.165) is 32.2 Å². The standard InChI is InChI=1S/C10H19NO2/c1-2-7-11-9-6-4-3-5-8(9)10(12)13/h8-9,11H,2-7H2,1H3,(H,12,13). The van der Waals surface area contributed by atoms with Crippen molar-refractivity contribution >= 4 is 5.97 Å².